The van der Waals surface area contributed by atoms with Crippen molar-refractivity contribution in [3.8, 4) is 0 Å². The van der Waals surface area contributed by atoms with Gasteiger partial charge in [0, 0.05) is 49.2 Å². The van der Waals surface area contributed by atoms with Crippen LogP contribution in [0.5, 0.6) is 0 Å². The van der Waals surface area contributed by atoms with E-state index < -0.39 is 5.60 Å². The fourth-order valence-corrected chi connectivity index (χ4v) is 2.77. The molecule has 2 rings (SSSR count). The summed E-state index contributed by atoms with van der Waals surface area (Å²) in [5, 5.41) is 1.42. The lowest BCUT2D eigenvalue weighted by atomic mass is 10.2. The number of ether oxygens (including phenoxy) is 1. The van der Waals surface area contributed by atoms with Gasteiger partial charge in [-0.25, -0.2) is 15.6 Å². The average Bonchev–Trinajstić information content (AvgIpc) is 2.53. The third kappa shape index (κ3) is 5.23. The molecule has 1 fully saturated rings. The van der Waals surface area contributed by atoms with Crippen LogP contribution in [0.1, 0.15) is 20.8 Å². The van der Waals surface area contributed by atoms with Crippen molar-refractivity contribution in [3.05, 3.63) is 29.1 Å². The van der Waals surface area contributed by atoms with Crippen LogP contribution in [0.3, 0.4) is 0 Å². The highest BCUT2D eigenvalue weighted by Crippen LogP contribution is 2.29. The number of hydrazine groups is 1. The first-order valence-corrected chi connectivity index (χ1v) is 8.81. The van der Waals surface area contributed by atoms with E-state index in [0.717, 1.165) is 16.0 Å². The van der Waals surface area contributed by atoms with E-state index in [1.54, 1.807) is 17.3 Å². The Labute approximate surface area is 156 Å². The van der Waals surface area contributed by atoms with Gasteiger partial charge in [0.25, 0.3) is 0 Å². The van der Waals surface area contributed by atoms with Gasteiger partial charge in [-0.15, -0.1) is 0 Å². The lowest BCUT2D eigenvalue weighted by molar-refractivity contribution is 0.0240. The highest BCUT2D eigenvalue weighted by Gasteiger charge is 2.27. The van der Waals surface area contributed by atoms with Crippen LogP contribution in [0.4, 0.5) is 16.3 Å². The van der Waals surface area contributed by atoms with Crippen molar-refractivity contribution in [3.63, 3.8) is 0 Å². The van der Waals surface area contributed by atoms with Gasteiger partial charge >= 0.3 is 6.09 Å². The Bertz CT molecular complexity index is 638. The summed E-state index contributed by atoms with van der Waals surface area (Å²) in [6.07, 6.45) is 4.36. The number of anilines is 2. The summed E-state index contributed by atoms with van der Waals surface area (Å²) >= 11 is 3.41. The van der Waals surface area contributed by atoms with E-state index in [-0.39, 0.29) is 6.09 Å². The number of amides is 1. The van der Waals surface area contributed by atoms with Crippen LogP contribution in [-0.2, 0) is 4.74 Å². The molecule has 0 atom stereocenters. The summed E-state index contributed by atoms with van der Waals surface area (Å²) in [4.78, 5) is 20.5. The number of hydrogen-bond donors (Lipinski definition) is 2. The van der Waals surface area contributed by atoms with Crippen LogP contribution < -0.4 is 21.5 Å². The van der Waals surface area contributed by atoms with Crippen LogP contribution in [0.15, 0.2) is 29.1 Å². The van der Waals surface area contributed by atoms with Gasteiger partial charge in [0.05, 0.1) is 0 Å². The summed E-state index contributed by atoms with van der Waals surface area (Å²) in [6.45, 7) is 7.98. The number of carbonyl (C=O) groups is 1. The highest BCUT2D eigenvalue weighted by molar-refractivity contribution is 9.10. The van der Waals surface area contributed by atoms with Gasteiger partial charge < -0.3 is 20.3 Å². The Morgan fingerprint density at radius 2 is 2.00 bits per heavy atom. The SMILES string of the molecule is CC(C)(C)OC(=O)N1CCN(c2ncc(Br)cc2N(N)/C=C\N)CC1. The lowest BCUT2D eigenvalue weighted by Crippen LogP contribution is -2.50. The molecule has 0 aliphatic carbocycles. The first-order valence-electron chi connectivity index (χ1n) is 8.02. The molecule has 1 aromatic rings. The maximum absolute atomic E-state index is 12.2. The third-order valence-electron chi connectivity index (χ3n) is 3.57. The van der Waals surface area contributed by atoms with Crippen molar-refractivity contribution in [2.75, 3.05) is 36.1 Å². The summed E-state index contributed by atoms with van der Waals surface area (Å²) in [5.41, 5.74) is 5.66. The number of nitrogens with two attached hydrogens (primary N) is 2. The minimum Gasteiger partial charge on any atom is -0.444 e. The molecule has 0 aromatic carbocycles. The van der Waals surface area contributed by atoms with Gasteiger partial charge in [0.1, 0.15) is 11.3 Å². The number of pyridine rings is 1. The molecule has 0 saturated carbocycles. The number of aromatic nitrogens is 1. The van der Waals surface area contributed by atoms with Crippen molar-refractivity contribution in [1.29, 1.82) is 0 Å². The van der Waals surface area contributed by atoms with Crippen molar-refractivity contribution in [2.45, 2.75) is 26.4 Å². The van der Waals surface area contributed by atoms with Gasteiger partial charge in [-0.1, -0.05) is 0 Å². The highest BCUT2D eigenvalue weighted by atomic mass is 79.9. The fraction of sp³-hybridized carbons (Fsp3) is 0.500. The summed E-state index contributed by atoms with van der Waals surface area (Å²) in [5.74, 6) is 6.76. The number of rotatable bonds is 3. The van der Waals surface area contributed by atoms with Crippen LogP contribution in [0, 0.1) is 0 Å². The van der Waals surface area contributed by atoms with E-state index in [1.807, 2.05) is 26.8 Å². The zero-order chi connectivity index (χ0) is 18.6. The lowest BCUT2D eigenvalue weighted by Gasteiger charge is -2.37. The summed E-state index contributed by atoms with van der Waals surface area (Å²) < 4.78 is 6.24. The molecule has 8 nitrogen and oxygen atoms in total. The first-order chi connectivity index (χ1) is 11.7. The number of halogens is 1. The van der Waals surface area contributed by atoms with Crippen molar-refractivity contribution in [2.24, 2.45) is 11.6 Å². The number of hydrogen-bond acceptors (Lipinski definition) is 7. The van der Waals surface area contributed by atoms with Gasteiger partial charge in [-0.2, -0.15) is 0 Å². The minimum atomic E-state index is -0.497. The van der Waals surface area contributed by atoms with Crippen LogP contribution >= 0.6 is 15.9 Å². The monoisotopic (exact) mass is 412 g/mol. The standard InChI is InChI=1S/C16H25BrN6O2/c1-16(2,3)25-15(24)22-8-6-21(7-9-22)14-13(23(19)5-4-18)10-12(17)11-20-14/h4-5,10-11H,6-9,18-19H2,1-3H3/b5-4-. The zero-order valence-corrected chi connectivity index (χ0v) is 16.4. The molecule has 0 unspecified atom stereocenters. The molecule has 1 amide bonds. The van der Waals surface area contributed by atoms with E-state index in [9.17, 15) is 4.79 Å². The molecule has 0 bridgehead atoms. The molecule has 0 spiro atoms. The van der Waals surface area contributed by atoms with Crippen LogP contribution in [0.2, 0.25) is 0 Å². The molecule has 25 heavy (non-hydrogen) atoms. The Kier molecular flexibility index (Phi) is 6.12. The molecular weight excluding hydrogens is 388 g/mol. The number of carbonyl (C=O) groups excluding carboxylic acids is 1. The quantitative estimate of drug-likeness (QED) is 0.578. The molecule has 9 heteroatoms. The molecule has 2 heterocycles. The zero-order valence-electron chi connectivity index (χ0n) is 14.8. The maximum atomic E-state index is 12.2. The van der Waals surface area contributed by atoms with Gasteiger partial charge in [0.15, 0.2) is 5.82 Å². The largest absolute Gasteiger partial charge is 0.444 e. The molecule has 138 valence electrons. The molecular formula is C16H25BrN6O2. The smallest absolute Gasteiger partial charge is 0.410 e. The minimum absolute atomic E-state index is 0.289. The Morgan fingerprint density at radius 3 is 2.56 bits per heavy atom. The Morgan fingerprint density at radius 1 is 1.36 bits per heavy atom. The van der Waals surface area contributed by atoms with E-state index in [4.69, 9.17) is 16.3 Å². The van der Waals surface area contributed by atoms with Crippen LogP contribution in [0.25, 0.3) is 0 Å². The third-order valence-corrected chi connectivity index (χ3v) is 4.00. The normalized spacial score (nSPS) is 15.6. The summed E-state index contributed by atoms with van der Waals surface area (Å²) in [6, 6.07) is 1.88. The second-order valence-corrected chi connectivity index (χ2v) is 7.62. The molecule has 1 aliphatic rings. The molecule has 0 radical (unpaired) electrons. The topological polar surface area (TPSA) is 101 Å². The Balaban J connectivity index is 2.09. The fourth-order valence-electron chi connectivity index (χ4n) is 2.46. The van der Waals surface area contributed by atoms with Crippen molar-refractivity contribution < 1.29 is 9.53 Å². The van der Waals surface area contributed by atoms with E-state index in [1.165, 1.54) is 11.2 Å². The first kappa shape index (κ1) is 19.3. The second-order valence-electron chi connectivity index (χ2n) is 6.70. The Hall–Kier alpha value is -2.00. The van der Waals surface area contributed by atoms with Crippen molar-refractivity contribution in [1.82, 2.24) is 9.88 Å². The maximum Gasteiger partial charge on any atom is 0.410 e. The van der Waals surface area contributed by atoms with Gasteiger partial charge in [0.2, 0.25) is 0 Å². The predicted molar refractivity (Wildman–Crippen MR) is 102 cm³/mol. The number of nitrogens with zero attached hydrogens (tertiary/aromatic N) is 4. The van der Waals surface area contributed by atoms with Crippen LogP contribution in [-0.4, -0.2) is 47.8 Å². The molecule has 1 aromatic heterocycles. The molecule has 1 aliphatic heterocycles. The molecule has 1 saturated heterocycles. The van der Waals surface area contributed by atoms with Gasteiger partial charge in [-0.05, 0) is 42.8 Å². The predicted octanol–water partition coefficient (Wildman–Crippen LogP) is 2.01. The van der Waals surface area contributed by atoms with E-state index >= 15 is 0 Å². The van der Waals surface area contributed by atoms with Crippen molar-refractivity contribution >= 4 is 33.5 Å². The average molecular weight is 413 g/mol. The second kappa shape index (κ2) is 7.92. The van der Waals surface area contributed by atoms with E-state index in [0.29, 0.717) is 26.2 Å². The van der Waals surface area contributed by atoms with E-state index in [2.05, 4.69) is 25.8 Å². The van der Waals surface area contributed by atoms with Gasteiger partial charge in [-0.3, -0.25) is 5.01 Å². The summed E-state index contributed by atoms with van der Waals surface area (Å²) in [7, 11) is 0. The number of piperazine rings is 1. The molecule has 4 N–H and O–H groups in total.